The number of nitrogens with one attached hydrogen (secondary N) is 3. The summed E-state index contributed by atoms with van der Waals surface area (Å²) in [5.41, 5.74) is 2.34. The first-order valence-corrected chi connectivity index (χ1v) is 9.09. The third-order valence-corrected chi connectivity index (χ3v) is 4.03. The van der Waals surface area contributed by atoms with Crippen LogP contribution in [0.25, 0.3) is 0 Å². The highest BCUT2D eigenvalue weighted by atomic mass is 127. The average Bonchev–Trinajstić information content (AvgIpc) is 2.73. The van der Waals surface area contributed by atoms with Crippen LogP contribution in [0.3, 0.4) is 0 Å². The summed E-state index contributed by atoms with van der Waals surface area (Å²) in [6.45, 7) is 1.61. The number of nitrogens with zero attached hydrogens (tertiary/aromatic N) is 2. The van der Waals surface area contributed by atoms with Gasteiger partial charge < -0.3 is 20.9 Å². The number of carbonyl (C=O) groups excluding carboxylic acids is 2. The molecule has 0 saturated heterocycles. The van der Waals surface area contributed by atoms with E-state index in [1.54, 1.807) is 38.2 Å². The second-order valence-electron chi connectivity index (χ2n) is 6.37. The number of hydrogen-bond acceptors (Lipinski definition) is 3. The highest BCUT2D eigenvalue weighted by molar-refractivity contribution is 14.0. The van der Waals surface area contributed by atoms with Gasteiger partial charge in [0.05, 0.1) is 0 Å². The van der Waals surface area contributed by atoms with E-state index < -0.39 is 0 Å². The molecule has 0 saturated carbocycles. The van der Waals surface area contributed by atoms with Gasteiger partial charge in [-0.25, -0.2) is 0 Å². The number of aliphatic imine (C=N–C) groups is 1. The van der Waals surface area contributed by atoms with Gasteiger partial charge in [0.2, 0.25) is 0 Å². The van der Waals surface area contributed by atoms with E-state index in [0.29, 0.717) is 36.7 Å². The van der Waals surface area contributed by atoms with E-state index in [4.69, 9.17) is 0 Å². The van der Waals surface area contributed by atoms with Crippen molar-refractivity contribution in [1.82, 2.24) is 20.9 Å². The number of guanidine groups is 1. The molecule has 2 amide bonds. The second-order valence-corrected chi connectivity index (χ2v) is 6.37. The molecule has 29 heavy (non-hydrogen) atoms. The molecule has 8 heteroatoms. The smallest absolute Gasteiger partial charge is 0.253 e. The molecule has 0 atom stereocenters. The number of carbonyl (C=O) groups is 2. The maximum atomic E-state index is 12.0. The Labute approximate surface area is 189 Å². The molecule has 0 spiro atoms. The van der Waals surface area contributed by atoms with Gasteiger partial charge in [-0.2, -0.15) is 0 Å². The Morgan fingerprint density at radius 2 is 1.48 bits per heavy atom. The summed E-state index contributed by atoms with van der Waals surface area (Å²) in [6, 6.07) is 16.6. The fourth-order valence-corrected chi connectivity index (χ4v) is 2.48. The molecule has 0 fully saturated rings. The highest BCUT2D eigenvalue weighted by Gasteiger charge is 2.07. The van der Waals surface area contributed by atoms with Crippen molar-refractivity contribution in [3.63, 3.8) is 0 Å². The third-order valence-electron chi connectivity index (χ3n) is 4.03. The van der Waals surface area contributed by atoms with Gasteiger partial charge in [-0.05, 0) is 29.8 Å². The molecule has 2 rings (SSSR count). The van der Waals surface area contributed by atoms with E-state index in [2.05, 4.69) is 20.9 Å². The summed E-state index contributed by atoms with van der Waals surface area (Å²) in [6.07, 6.45) is 0. The molecule has 156 valence electrons. The van der Waals surface area contributed by atoms with Crippen molar-refractivity contribution in [1.29, 1.82) is 0 Å². The summed E-state index contributed by atoms with van der Waals surface area (Å²) < 4.78 is 0. The molecule has 0 aliphatic heterocycles. The zero-order chi connectivity index (χ0) is 20.4. The van der Waals surface area contributed by atoms with E-state index in [1.165, 1.54) is 0 Å². The molecule has 3 N–H and O–H groups in total. The molecule has 0 aliphatic rings. The molecule has 0 bridgehead atoms. The van der Waals surface area contributed by atoms with Crippen LogP contribution in [0.4, 0.5) is 0 Å². The van der Waals surface area contributed by atoms with Gasteiger partial charge in [0, 0.05) is 51.9 Å². The minimum atomic E-state index is -0.0993. The lowest BCUT2D eigenvalue weighted by atomic mass is 10.1. The van der Waals surface area contributed by atoms with Crippen LogP contribution in [0, 0.1) is 0 Å². The zero-order valence-electron chi connectivity index (χ0n) is 16.9. The van der Waals surface area contributed by atoms with Gasteiger partial charge in [0.15, 0.2) is 5.96 Å². The number of halogens is 1. The summed E-state index contributed by atoms with van der Waals surface area (Å²) in [5.74, 6) is 0.523. The predicted molar refractivity (Wildman–Crippen MR) is 127 cm³/mol. The standard InChI is InChI=1S/C21H27N5O2.HI/c1-22-21(24-14-13-23-19(27)17-7-5-4-6-8-17)25-15-16-9-11-18(12-10-16)20(28)26(2)3;/h4-12H,13-15H2,1-3H3,(H,23,27)(H2,22,24,25);1H. The van der Waals surface area contributed by atoms with Crippen molar-refractivity contribution in [2.24, 2.45) is 4.99 Å². The van der Waals surface area contributed by atoms with Gasteiger partial charge in [-0.3, -0.25) is 14.6 Å². The van der Waals surface area contributed by atoms with Gasteiger partial charge in [0.25, 0.3) is 11.8 Å². The molecule has 0 aliphatic carbocycles. The van der Waals surface area contributed by atoms with Gasteiger partial charge in [-0.1, -0.05) is 30.3 Å². The number of benzene rings is 2. The molecule has 0 unspecified atom stereocenters. The van der Waals surface area contributed by atoms with Crippen molar-refractivity contribution in [3.8, 4) is 0 Å². The van der Waals surface area contributed by atoms with Crippen molar-refractivity contribution in [2.75, 3.05) is 34.2 Å². The summed E-state index contributed by atoms with van der Waals surface area (Å²) >= 11 is 0. The molecular formula is C21H28IN5O2. The number of hydrogen-bond donors (Lipinski definition) is 3. The fraction of sp³-hybridized carbons (Fsp3) is 0.286. The first kappa shape index (κ1) is 24.4. The van der Waals surface area contributed by atoms with Gasteiger partial charge in [0.1, 0.15) is 0 Å². The Bertz CT molecular complexity index is 808. The van der Waals surface area contributed by atoms with Crippen LogP contribution in [0.2, 0.25) is 0 Å². The van der Waals surface area contributed by atoms with Crippen LogP contribution in [0.15, 0.2) is 59.6 Å². The van der Waals surface area contributed by atoms with Crippen LogP contribution < -0.4 is 16.0 Å². The monoisotopic (exact) mass is 509 g/mol. The lowest BCUT2D eigenvalue weighted by molar-refractivity contribution is 0.0827. The van der Waals surface area contributed by atoms with Crippen molar-refractivity contribution in [2.45, 2.75) is 6.54 Å². The Balaban J connectivity index is 0.00000420. The van der Waals surface area contributed by atoms with Crippen LogP contribution in [-0.4, -0.2) is 56.9 Å². The highest BCUT2D eigenvalue weighted by Crippen LogP contribution is 2.06. The van der Waals surface area contributed by atoms with Crippen LogP contribution >= 0.6 is 24.0 Å². The largest absolute Gasteiger partial charge is 0.355 e. The van der Waals surface area contributed by atoms with E-state index >= 15 is 0 Å². The normalized spacial score (nSPS) is 10.5. The first-order valence-electron chi connectivity index (χ1n) is 9.09. The Morgan fingerprint density at radius 3 is 2.07 bits per heavy atom. The molecule has 2 aromatic carbocycles. The zero-order valence-corrected chi connectivity index (χ0v) is 19.3. The summed E-state index contributed by atoms with van der Waals surface area (Å²) in [4.78, 5) is 29.6. The lowest BCUT2D eigenvalue weighted by Gasteiger charge is -2.13. The van der Waals surface area contributed by atoms with Crippen LogP contribution in [0.1, 0.15) is 26.3 Å². The lowest BCUT2D eigenvalue weighted by Crippen LogP contribution is -2.41. The number of rotatable bonds is 7. The second kappa shape index (κ2) is 12.8. The first-order chi connectivity index (χ1) is 13.5. The van der Waals surface area contributed by atoms with Crippen molar-refractivity contribution < 1.29 is 9.59 Å². The topological polar surface area (TPSA) is 85.8 Å². The summed E-state index contributed by atoms with van der Waals surface area (Å²) in [7, 11) is 5.15. The van der Waals surface area contributed by atoms with E-state index in [9.17, 15) is 9.59 Å². The van der Waals surface area contributed by atoms with E-state index in [1.807, 2.05) is 42.5 Å². The Hall–Kier alpha value is -2.62. The van der Waals surface area contributed by atoms with Gasteiger partial charge >= 0.3 is 0 Å². The minimum Gasteiger partial charge on any atom is -0.355 e. The van der Waals surface area contributed by atoms with E-state index in [-0.39, 0.29) is 35.8 Å². The Kier molecular flexibility index (Phi) is 10.7. The molecular weight excluding hydrogens is 481 g/mol. The molecule has 0 heterocycles. The molecule has 0 radical (unpaired) electrons. The molecule has 2 aromatic rings. The van der Waals surface area contributed by atoms with E-state index in [0.717, 1.165) is 5.56 Å². The molecule has 0 aromatic heterocycles. The Morgan fingerprint density at radius 1 is 0.862 bits per heavy atom. The maximum absolute atomic E-state index is 12.0. The third kappa shape index (κ3) is 8.10. The average molecular weight is 509 g/mol. The fourth-order valence-electron chi connectivity index (χ4n) is 2.48. The summed E-state index contributed by atoms with van der Waals surface area (Å²) in [5, 5.41) is 9.22. The van der Waals surface area contributed by atoms with Gasteiger partial charge in [-0.15, -0.1) is 24.0 Å². The van der Waals surface area contributed by atoms with Crippen LogP contribution in [-0.2, 0) is 6.54 Å². The maximum Gasteiger partial charge on any atom is 0.253 e. The van der Waals surface area contributed by atoms with Crippen molar-refractivity contribution >= 4 is 41.8 Å². The number of amides is 2. The minimum absolute atomic E-state index is 0. The van der Waals surface area contributed by atoms with Crippen LogP contribution in [0.5, 0.6) is 0 Å². The SMILES string of the molecule is CN=C(NCCNC(=O)c1ccccc1)NCc1ccc(C(=O)N(C)C)cc1.I. The quantitative estimate of drug-likeness (QED) is 0.231. The van der Waals surface area contributed by atoms with Crippen molar-refractivity contribution in [3.05, 3.63) is 71.3 Å². The molecule has 7 nitrogen and oxygen atoms in total. The predicted octanol–water partition coefficient (Wildman–Crippen LogP) is 2.10.